The van der Waals surface area contributed by atoms with E-state index in [0.717, 1.165) is 22.6 Å². The van der Waals surface area contributed by atoms with Crippen LogP contribution in [0.3, 0.4) is 0 Å². The normalized spacial score (nSPS) is 19.0. The number of ether oxygens (including phenoxy) is 2. The number of rotatable bonds is 5. The van der Waals surface area contributed by atoms with Crippen LogP contribution < -0.4 is 14.4 Å². The van der Waals surface area contributed by atoms with Crippen LogP contribution in [-0.2, 0) is 16.2 Å². The molecule has 1 spiro atoms. The predicted octanol–water partition coefficient (Wildman–Crippen LogP) is 4.95. The van der Waals surface area contributed by atoms with E-state index in [1.807, 2.05) is 42.5 Å². The van der Waals surface area contributed by atoms with Crippen molar-refractivity contribution in [2.45, 2.75) is 11.4 Å². The number of carbonyl (C=O) groups is 2. The molecule has 6 nitrogen and oxygen atoms in total. The highest BCUT2D eigenvalue weighted by atomic mass is 35.5. The maximum Gasteiger partial charge on any atom is 0.268 e. The zero-order valence-electron chi connectivity index (χ0n) is 18.8. The minimum absolute atomic E-state index is 0.136. The molecule has 34 heavy (non-hydrogen) atoms. The van der Waals surface area contributed by atoms with Crippen LogP contribution in [0.25, 0.3) is 0 Å². The lowest BCUT2D eigenvalue weighted by Gasteiger charge is -2.33. The fraction of sp³-hybridized carbons (Fsp3) is 0.231. The molecule has 1 fully saturated rings. The number of hydrogen-bond donors (Lipinski definition) is 0. The summed E-state index contributed by atoms with van der Waals surface area (Å²) in [5.74, 6) is 1.67. The summed E-state index contributed by atoms with van der Waals surface area (Å²) in [6.07, 6.45) is 0. The van der Waals surface area contributed by atoms with Crippen molar-refractivity contribution in [3.05, 3.63) is 88.4 Å². The number of carbonyl (C=O) groups excluding carboxylic acids is 2. The highest BCUT2D eigenvalue weighted by Crippen LogP contribution is 2.55. The minimum Gasteiger partial charge on any atom is -0.497 e. The number of methoxy groups -OCH3 is 2. The van der Waals surface area contributed by atoms with Gasteiger partial charge < -0.3 is 19.3 Å². The van der Waals surface area contributed by atoms with Crippen molar-refractivity contribution in [3.8, 4) is 11.5 Å². The Bertz CT molecular complexity index is 1270. The molecule has 2 aliphatic rings. The molecule has 3 aromatic rings. The van der Waals surface area contributed by atoms with Gasteiger partial charge in [-0.05, 0) is 60.2 Å². The molecule has 0 aliphatic carbocycles. The van der Waals surface area contributed by atoms with Crippen molar-refractivity contribution < 1.29 is 19.1 Å². The monoisotopic (exact) mass is 494 g/mol. The van der Waals surface area contributed by atoms with E-state index in [-0.39, 0.29) is 11.8 Å². The molecule has 2 aliphatic heterocycles. The number of amides is 2. The van der Waals surface area contributed by atoms with Gasteiger partial charge >= 0.3 is 0 Å². The summed E-state index contributed by atoms with van der Waals surface area (Å²) in [5, 5.41) is 0.554. The molecule has 0 radical (unpaired) electrons. The quantitative estimate of drug-likeness (QED) is 0.502. The molecule has 0 aromatic heterocycles. The van der Waals surface area contributed by atoms with Gasteiger partial charge in [-0.1, -0.05) is 23.7 Å². The molecule has 3 aromatic carbocycles. The fourth-order valence-electron chi connectivity index (χ4n) is 4.58. The zero-order chi connectivity index (χ0) is 23.9. The second-order valence-corrected chi connectivity index (χ2v) is 9.81. The largest absolute Gasteiger partial charge is 0.497 e. The Morgan fingerprint density at radius 3 is 2.50 bits per heavy atom. The van der Waals surface area contributed by atoms with E-state index in [2.05, 4.69) is 0 Å². The van der Waals surface area contributed by atoms with E-state index in [9.17, 15) is 9.59 Å². The van der Waals surface area contributed by atoms with Crippen molar-refractivity contribution in [1.29, 1.82) is 0 Å². The van der Waals surface area contributed by atoms with Gasteiger partial charge in [0.25, 0.3) is 11.8 Å². The van der Waals surface area contributed by atoms with E-state index in [1.54, 1.807) is 48.3 Å². The number of halogens is 1. The highest BCUT2D eigenvalue weighted by Gasteiger charge is 2.59. The van der Waals surface area contributed by atoms with Gasteiger partial charge in [-0.2, -0.15) is 0 Å². The highest BCUT2D eigenvalue weighted by molar-refractivity contribution is 8.01. The Morgan fingerprint density at radius 2 is 1.76 bits per heavy atom. The lowest BCUT2D eigenvalue weighted by atomic mass is 10.0. The molecule has 0 bridgehead atoms. The van der Waals surface area contributed by atoms with Gasteiger partial charge in [0.15, 0.2) is 4.87 Å². The van der Waals surface area contributed by atoms with Crippen molar-refractivity contribution >= 4 is 40.9 Å². The Morgan fingerprint density at radius 1 is 1.03 bits per heavy atom. The third-order valence-electron chi connectivity index (χ3n) is 6.21. The number of nitrogens with zero attached hydrogens (tertiary/aromatic N) is 2. The maximum atomic E-state index is 14.2. The summed E-state index contributed by atoms with van der Waals surface area (Å²) in [4.78, 5) is 30.1. The molecule has 1 saturated heterocycles. The van der Waals surface area contributed by atoms with Crippen molar-refractivity contribution in [2.24, 2.45) is 0 Å². The summed E-state index contributed by atoms with van der Waals surface area (Å²) in [6.45, 7) is 0.822. The van der Waals surface area contributed by atoms with Crippen LogP contribution in [-0.4, -0.2) is 43.2 Å². The summed E-state index contributed by atoms with van der Waals surface area (Å²) in [6, 6.07) is 20.0. The minimum atomic E-state index is -1.15. The molecule has 174 valence electrons. The van der Waals surface area contributed by atoms with E-state index in [1.165, 1.54) is 11.8 Å². The smallest absolute Gasteiger partial charge is 0.268 e. The first-order chi connectivity index (χ1) is 16.5. The van der Waals surface area contributed by atoms with Crippen molar-refractivity contribution in [1.82, 2.24) is 4.90 Å². The van der Waals surface area contributed by atoms with Crippen LogP contribution in [0.4, 0.5) is 5.69 Å². The van der Waals surface area contributed by atoms with Gasteiger partial charge in [0.2, 0.25) is 0 Å². The average molecular weight is 495 g/mol. The van der Waals surface area contributed by atoms with Gasteiger partial charge in [0, 0.05) is 28.4 Å². The number of hydrogen-bond acceptors (Lipinski definition) is 5. The van der Waals surface area contributed by atoms with Crippen molar-refractivity contribution in [2.75, 3.05) is 31.4 Å². The fourth-order valence-corrected chi connectivity index (χ4v) is 6.16. The number of fused-ring (bicyclic) bond motifs is 2. The van der Waals surface area contributed by atoms with E-state index in [4.69, 9.17) is 21.1 Å². The zero-order valence-corrected chi connectivity index (χ0v) is 20.4. The van der Waals surface area contributed by atoms with Crippen LogP contribution in [0.1, 0.15) is 21.5 Å². The molecule has 1 unspecified atom stereocenters. The van der Waals surface area contributed by atoms with Crippen LogP contribution in [0.15, 0.2) is 66.7 Å². The lowest BCUT2D eigenvalue weighted by Crippen LogP contribution is -2.50. The Hall–Kier alpha value is -3.16. The second-order valence-electron chi connectivity index (χ2n) is 8.08. The van der Waals surface area contributed by atoms with Crippen LogP contribution in [0, 0.1) is 0 Å². The Balaban J connectivity index is 1.59. The van der Waals surface area contributed by atoms with Gasteiger partial charge in [-0.25, -0.2) is 0 Å². The van der Waals surface area contributed by atoms with Crippen LogP contribution >= 0.6 is 23.4 Å². The summed E-state index contributed by atoms with van der Waals surface area (Å²) in [5.41, 5.74) is 2.97. The van der Waals surface area contributed by atoms with E-state index < -0.39 is 4.87 Å². The second kappa shape index (κ2) is 8.89. The van der Waals surface area contributed by atoms with Crippen LogP contribution in [0.2, 0.25) is 5.02 Å². The number of thioether (sulfide) groups is 1. The molecule has 5 rings (SSSR count). The number of benzene rings is 3. The first-order valence-corrected chi connectivity index (χ1v) is 12.2. The molecule has 0 N–H and O–H groups in total. The van der Waals surface area contributed by atoms with Crippen LogP contribution in [0.5, 0.6) is 11.5 Å². The molecule has 8 heteroatoms. The summed E-state index contributed by atoms with van der Waals surface area (Å²) < 4.78 is 10.8. The van der Waals surface area contributed by atoms with E-state index >= 15 is 0 Å². The third kappa shape index (κ3) is 3.60. The maximum absolute atomic E-state index is 14.2. The average Bonchev–Trinajstić information content (AvgIpc) is 3.41. The third-order valence-corrected chi connectivity index (χ3v) is 7.88. The van der Waals surface area contributed by atoms with Gasteiger partial charge in [-0.15, -0.1) is 11.8 Å². The van der Waals surface area contributed by atoms with Gasteiger partial charge in [0.05, 0.1) is 26.5 Å². The van der Waals surface area contributed by atoms with Gasteiger partial charge in [0.1, 0.15) is 11.5 Å². The lowest BCUT2D eigenvalue weighted by molar-refractivity contribution is -0.123. The number of anilines is 1. The van der Waals surface area contributed by atoms with Crippen molar-refractivity contribution in [3.63, 3.8) is 0 Å². The van der Waals surface area contributed by atoms with E-state index in [0.29, 0.717) is 35.2 Å². The first kappa shape index (κ1) is 22.6. The van der Waals surface area contributed by atoms with Gasteiger partial charge in [-0.3, -0.25) is 9.59 Å². The standard InChI is InChI=1S/C26H23ClN2O4S/c1-32-20-5-3-4-17(14-20)16-28-23-11-10-21(33-2)15-22(23)26(25(28)31)29(12-13-34-26)24(30)18-6-8-19(27)9-7-18/h3-11,14-15H,12-13,16H2,1-2H3. The first-order valence-electron chi connectivity index (χ1n) is 10.8. The molecule has 2 amide bonds. The summed E-state index contributed by atoms with van der Waals surface area (Å²) in [7, 11) is 3.21. The molecule has 0 saturated carbocycles. The molecular formula is C26H23ClN2O4S. The Labute approximate surface area is 207 Å². The topological polar surface area (TPSA) is 59.1 Å². The Kier molecular flexibility index (Phi) is 5.91. The SMILES string of the molecule is COc1cccc(CN2C(=O)C3(SCCN3C(=O)c3ccc(Cl)cc3)c3cc(OC)ccc32)c1. The molecule has 1 atom stereocenters. The predicted molar refractivity (Wildman–Crippen MR) is 134 cm³/mol. The molecular weight excluding hydrogens is 472 g/mol. The molecule has 2 heterocycles. The summed E-state index contributed by atoms with van der Waals surface area (Å²) >= 11 is 7.51.